The van der Waals surface area contributed by atoms with E-state index < -0.39 is 0 Å². The summed E-state index contributed by atoms with van der Waals surface area (Å²) < 4.78 is 0. The summed E-state index contributed by atoms with van der Waals surface area (Å²) in [6.07, 6.45) is 2.86. The molecule has 2 rings (SSSR count). The maximum Gasteiger partial charge on any atom is 0.0976 e. The SMILES string of the molecule is SCCc1nc(-c2ccc[nH]2)cs1. The summed E-state index contributed by atoms with van der Waals surface area (Å²) in [7, 11) is 0. The second-order valence-electron chi connectivity index (χ2n) is 2.68. The molecule has 2 aromatic heterocycles. The van der Waals surface area contributed by atoms with E-state index in [0.717, 1.165) is 28.6 Å². The normalized spacial score (nSPS) is 10.5. The van der Waals surface area contributed by atoms with Crippen LogP contribution in [0.25, 0.3) is 11.4 Å². The molecule has 0 bridgehead atoms. The van der Waals surface area contributed by atoms with Gasteiger partial charge in [0, 0.05) is 18.0 Å². The highest BCUT2D eigenvalue weighted by molar-refractivity contribution is 7.80. The lowest BCUT2D eigenvalue weighted by Crippen LogP contribution is -1.84. The van der Waals surface area contributed by atoms with Gasteiger partial charge < -0.3 is 4.98 Å². The molecule has 2 heterocycles. The highest BCUT2D eigenvalue weighted by atomic mass is 32.1. The molecular weight excluding hydrogens is 200 g/mol. The first kappa shape index (κ1) is 8.84. The van der Waals surface area contributed by atoms with Gasteiger partial charge in [0.15, 0.2) is 0 Å². The molecule has 0 aliphatic carbocycles. The number of hydrogen-bond donors (Lipinski definition) is 2. The third kappa shape index (κ3) is 1.95. The zero-order chi connectivity index (χ0) is 9.10. The van der Waals surface area contributed by atoms with Crippen LogP contribution in [0.5, 0.6) is 0 Å². The van der Waals surface area contributed by atoms with Crippen LogP contribution in [0.1, 0.15) is 5.01 Å². The fourth-order valence-electron chi connectivity index (χ4n) is 1.13. The molecule has 1 N–H and O–H groups in total. The molecule has 0 saturated carbocycles. The number of rotatable bonds is 3. The van der Waals surface area contributed by atoms with Crippen molar-refractivity contribution in [2.24, 2.45) is 0 Å². The van der Waals surface area contributed by atoms with E-state index in [1.54, 1.807) is 11.3 Å². The van der Waals surface area contributed by atoms with Crippen LogP contribution in [0.3, 0.4) is 0 Å². The molecular formula is C9H10N2S2. The fraction of sp³-hybridized carbons (Fsp3) is 0.222. The van der Waals surface area contributed by atoms with Crippen molar-refractivity contribution in [1.82, 2.24) is 9.97 Å². The standard InChI is InChI=1S/C9H10N2S2/c12-5-3-9-11-8(6-13-9)7-2-1-4-10-7/h1-2,4,6,10,12H,3,5H2. The molecule has 0 atom stereocenters. The first-order valence-electron chi connectivity index (χ1n) is 4.09. The minimum atomic E-state index is 0.859. The van der Waals surface area contributed by atoms with Crippen molar-refractivity contribution >= 4 is 24.0 Å². The Bertz CT molecular complexity index is 365. The maximum absolute atomic E-state index is 4.48. The van der Waals surface area contributed by atoms with Gasteiger partial charge in [-0.1, -0.05) is 0 Å². The Morgan fingerprint density at radius 1 is 1.54 bits per heavy atom. The Morgan fingerprint density at radius 2 is 2.46 bits per heavy atom. The topological polar surface area (TPSA) is 28.7 Å². The Balaban J connectivity index is 2.23. The van der Waals surface area contributed by atoms with E-state index in [9.17, 15) is 0 Å². The van der Waals surface area contributed by atoms with Crippen LogP contribution >= 0.6 is 24.0 Å². The van der Waals surface area contributed by atoms with Gasteiger partial charge >= 0.3 is 0 Å². The number of nitrogens with one attached hydrogen (secondary N) is 1. The summed E-state index contributed by atoms with van der Waals surface area (Å²) in [5.74, 6) is 0.859. The monoisotopic (exact) mass is 210 g/mol. The van der Waals surface area contributed by atoms with E-state index in [2.05, 4.69) is 28.0 Å². The zero-order valence-electron chi connectivity index (χ0n) is 7.03. The van der Waals surface area contributed by atoms with Gasteiger partial charge in [0.25, 0.3) is 0 Å². The number of nitrogens with zero attached hydrogens (tertiary/aromatic N) is 1. The summed E-state index contributed by atoms with van der Waals surface area (Å²) in [6.45, 7) is 0. The van der Waals surface area contributed by atoms with Gasteiger partial charge in [0.2, 0.25) is 0 Å². The molecule has 0 radical (unpaired) electrons. The highest BCUT2D eigenvalue weighted by Crippen LogP contribution is 2.20. The van der Waals surface area contributed by atoms with Crippen molar-refractivity contribution in [2.75, 3.05) is 5.75 Å². The smallest absolute Gasteiger partial charge is 0.0976 e. The van der Waals surface area contributed by atoms with E-state index in [4.69, 9.17) is 0 Å². The summed E-state index contributed by atoms with van der Waals surface area (Å²) in [5, 5.41) is 3.23. The average molecular weight is 210 g/mol. The predicted molar refractivity (Wildman–Crippen MR) is 59.5 cm³/mol. The summed E-state index contributed by atoms with van der Waals surface area (Å²) in [4.78, 5) is 7.61. The van der Waals surface area contributed by atoms with Crippen LogP contribution < -0.4 is 0 Å². The fourth-order valence-corrected chi connectivity index (χ4v) is 2.30. The van der Waals surface area contributed by atoms with Crippen LogP contribution in [0.2, 0.25) is 0 Å². The zero-order valence-corrected chi connectivity index (χ0v) is 8.74. The lowest BCUT2D eigenvalue weighted by molar-refractivity contribution is 1.11. The van der Waals surface area contributed by atoms with Crippen molar-refractivity contribution in [3.8, 4) is 11.4 Å². The molecule has 4 heteroatoms. The summed E-state index contributed by atoms with van der Waals surface area (Å²) >= 11 is 5.87. The largest absolute Gasteiger partial charge is 0.360 e. The van der Waals surface area contributed by atoms with Crippen molar-refractivity contribution in [1.29, 1.82) is 0 Å². The van der Waals surface area contributed by atoms with E-state index >= 15 is 0 Å². The third-order valence-corrected chi connectivity index (χ3v) is 2.88. The molecule has 0 unspecified atom stereocenters. The molecule has 0 saturated heterocycles. The molecule has 0 spiro atoms. The second kappa shape index (κ2) is 3.98. The number of H-pyrrole nitrogens is 1. The van der Waals surface area contributed by atoms with Gasteiger partial charge in [0.05, 0.1) is 16.4 Å². The average Bonchev–Trinajstić information content (AvgIpc) is 2.70. The van der Waals surface area contributed by atoms with Crippen LogP contribution in [0.4, 0.5) is 0 Å². The number of aromatic nitrogens is 2. The lowest BCUT2D eigenvalue weighted by atomic mass is 10.3. The Hall–Kier alpha value is -0.740. The number of aryl methyl sites for hydroxylation is 1. The van der Waals surface area contributed by atoms with Gasteiger partial charge in [-0.3, -0.25) is 0 Å². The number of thiol groups is 1. The predicted octanol–water partition coefficient (Wildman–Crippen LogP) is 2.61. The highest BCUT2D eigenvalue weighted by Gasteiger charge is 2.03. The lowest BCUT2D eigenvalue weighted by Gasteiger charge is -1.89. The third-order valence-electron chi connectivity index (χ3n) is 1.75. The molecule has 0 aliphatic heterocycles. The van der Waals surface area contributed by atoms with Crippen molar-refractivity contribution < 1.29 is 0 Å². The van der Waals surface area contributed by atoms with E-state index in [1.807, 2.05) is 18.3 Å². The molecule has 68 valence electrons. The Labute approximate surface area is 86.4 Å². The van der Waals surface area contributed by atoms with Crippen molar-refractivity contribution in [2.45, 2.75) is 6.42 Å². The van der Waals surface area contributed by atoms with Gasteiger partial charge in [-0.15, -0.1) is 11.3 Å². The molecule has 2 nitrogen and oxygen atoms in total. The van der Waals surface area contributed by atoms with Crippen LogP contribution in [-0.4, -0.2) is 15.7 Å². The van der Waals surface area contributed by atoms with Gasteiger partial charge in [0.1, 0.15) is 0 Å². The van der Waals surface area contributed by atoms with E-state index in [1.165, 1.54) is 0 Å². The molecule has 0 amide bonds. The van der Waals surface area contributed by atoms with Crippen LogP contribution in [0, 0.1) is 0 Å². The molecule has 0 aromatic carbocycles. The number of hydrogen-bond acceptors (Lipinski definition) is 3. The van der Waals surface area contributed by atoms with Gasteiger partial charge in [-0.05, 0) is 17.9 Å². The summed E-state index contributed by atoms with van der Waals surface area (Å²) in [6, 6.07) is 4.01. The Kier molecular flexibility index (Phi) is 2.71. The minimum Gasteiger partial charge on any atom is -0.360 e. The van der Waals surface area contributed by atoms with Crippen LogP contribution in [0.15, 0.2) is 23.7 Å². The number of thiazole rings is 1. The minimum absolute atomic E-state index is 0.859. The number of aromatic amines is 1. The second-order valence-corrected chi connectivity index (χ2v) is 4.07. The van der Waals surface area contributed by atoms with Crippen molar-refractivity contribution in [3.63, 3.8) is 0 Å². The molecule has 13 heavy (non-hydrogen) atoms. The first-order valence-corrected chi connectivity index (χ1v) is 5.60. The maximum atomic E-state index is 4.48. The van der Waals surface area contributed by atoms with Gasteiger partial charge in [-0.2, -0.15) is 12.6 Å². The van der Waals surface area contributed by atoms with E-state index in [0.29, 0.717) is 0 Å². The quantitative estimate of drug-likeness (QED) is 0.749. The molecule has 2 aromatic rings. The van der Waals surface area contributed by atoms with E-state index in [-0.39, 0.29) is 0 Å². The van der Waals surface area contributed by atoms with Gasteiger partial charge in [-0.25, -0.2) is 4.98 Å². The molecule has 0 fully saturated rings. The Morgan fingerprint density at radius 3 is 3.15 bits per heavy atom. The molecule has 0 aliphatic rings. The summed E-state index contributed by atoms with van der Waals surface area (Å²) in [5.41, 5.74) is 2.12. The van der Waals surface area contributed by atoms with Crippen LogP contribution in [-0.2, 0) is 6.42 Å². The first-order chi connectivity index (χ1) is 6.40. The van der Waals surface area contributed by atoms with Crippen molar-refractivity contribution in [3.05, 3.63) is 28.7 Å².